The van der Waals surface area contributed by atoms with E-state index < -0.39 is 6.04 Å². The number of nitrogens with zero attached hydrogens (tertiary/aromatic N) is 4. The predicted molar refractivity (Wildman–Crippen MR) is 162 cm³/mol. The first-order chi connectivity index (χ1) is 21.4. The van der Waals surface area contributed by atoms with Crippen molar-refractivity contribution in [1.29, 1.82) is 0 Å². The molecule has 0 unspecified atom stereocenters. The van der Waals surface area contributed by atoms with E-state index in [-0.39, 0.29) is 42.5 Å². The smallest absolute Gasteiger partial charge is 0.247 e. The largest absolute Gasteiger partial charge is 0.504 e. The average Bonchev–Trinajstić information content (AvgIpc) is 3.72. The molecule has 12 heteroatoms. The standard InChI is InChI=1S/C32H37N5O7/c1-41-27-13-10-21(17-29(27)43-3)14-15-36(30(39)20-37-25-9-5-4-8-24(25)34-35-37)31(22-11-12-26(38)28(18-22)42-2)32(40)33-19-23-7-6-16-44-23/h4-5,8-13,17-18,23,31,38H,6-7,14-16,19-20H2,1-3H3,(H,33,40)/t23-,31-/m0/s1. The number of aromatic hydroxyl groups is 1. The number of rotatable bonds is 13. The van der Waals surface area contributed by atoms with Gasteiger partial charge < -0.3 is 34.3 Å². The number of aromatic nitrogens is 3. The fourth-order valence-corrected chi connectivity index (χ4v) is 5.39. The van der Waals surface area contributed by atoms with Crippen LogP contribution in [0.15, 0.2) is 60.7 Å². The van der Waals surface area contributed by atoms with Crippen LogP contribution >= 0.6 is 0 Å². The van der Waals surface area contributed by atoms with Crippen LogP contribution in [0.5, 0.6) is 23.0 Å². The molecule has 0 saturated carbocycles. The second kappa shape index (κ2) is 14.1. The van der Waals surface area contributed by atoms with Crippen molar-refractivity contribution >= 4 is 22.8 Å². The molecule has 1 saturated heterocycles. The summed E-state index contributed by atoms with van der Waals surface area (Å²) in [5.74, 6) is 0.541. The van der Waals surface area contributed by atoms with E-state index in [1.54, 1.807) is 32.4 Å². The molecule has 0 bridgehead atoms. The van der Waals surface area contributed by atoms with Crippen molar-refractivity contribution in [3.63, 3.8) is 0 Å². The lowest BCUT2D eigenvalue weighted by Gasteiger charge is -2.32. The van der Waals surface area contributed by atoms with E-state index in [1.165, 1.54) is 22.8 Å². The number of hydrogen-bond acceptors (Lipinski definition) is 9. The minimum atomic E-state index is -1.05. The first kappa shape index (κ1) is 30.6. The molecular formula is C32H37N5O7. The number of nitrogens with one attached hydrogen (secondary N) is 1. The average molecular weight is 604 g/mol. The molecule has 0 spiro atoms. The molecule has 1 aromatic heterocycles. The van der Waals surface area contributed by atoms with Crippen LogP contribution in [0.4, 0.5) is 0 Å². The van der Waals surface area contributed by atoms with Crippen LogP contribution in [0.25, 0.3) is 11.0 Å². The van der Waals surface area contributed by atoms with E-state index in [0.29, 0.717) is 47.7 Å². The number of hydrogen-bond donors (Lipinski definition) is 2. The summed E-state index contributed by atoms with van der Waals surface area (Å²) < 4.78 is 23.5. The summed E-state index contributed by atoms with van der Waals surface area (Å²) in [7, 11) is 4.56. The van der Waals surface area contributed by atoms with Crippen LogP contribution in [0.3, 0.4) is 0 Å². The van der Waals surface area contributed by atoms with Crippen LogP contribution in [0.1, 0.15) is 30.0 Å². The van der Waals surface area contributed by atoms with Gasteiger partial charge in [0.25, 0.3) is 0 Å². The third-order valence-electron chi connectivity index (χ3n) is 7.72. The first-order valence-electron chi connectivity index (χ1n) is 14.5. The van der Waals surface area contributed by atoms with Crippen molar-refractivity contribution in [2.45, 2.75) is 38.0 Å². The van der Waals surface area contributed by atoms with Crippen molar-refractivity contribution in [2.75, 3.05) is 41.0 Å². The zero-order valence-corrected chi connectivity index (χ0v) is 25.1. The summed E-state index contributed by atoms with van der Waals surface area (Å²) in [6, 6.07) is 16.5. The van der Waals surface area contributed by atoms with Gasteiger partial charge in [-0.15, -0.1) is 5.10 Å². The molecule has 4 aromatic rings. The molecule has 2 atom stereocenters. The number of amides is 2. The fourth-order valence-electron chi connectivity index (χ4n) is 5.39. The van der Waals surface area contributed by atoms with Crippen molar-refractivity contribution in [1.82, 2.24) is 25.2 Å². The third kappa shape index (κ3) is 6.86. The Morgan fingerprint density at radius 1 is 1.05 bits per heavy atom. The summed E-state index contributed by atoms with van der Waals surface area (Å²) in [4.78, 5) is 29.7. The number of phenolic OH excluding ortho intramolecular Hbond substituents is 1. The van der Waals surface area contributed by atoms with Gasteiger partial charge in [-0.2, -0.15) is 0 Å². The highest BCUT2D eigenvalue weighted by Crippen LogP contribution is 2.33. The number of methoxy groups -OCH3 is 3. The van der Waals surface area contributed by atoms with E-state index in [4.69, 9.17) is 18.9 Å². The third-order valence-corrected chi connectivity index (χ3v) is 7.72. The van der Waals surface area contributed by atoms with Gasteiger partial charge in [0.15, 0.2) is 23.0 Å². The molecule has 0 aliphatic carbocycles. The lowest BCUT2D eigenvalue weighted by atomic mass is 10.0. The highest BCUT2D eigenvalue weighted by molar-refractivity contribution is 5.89. The van der Waals surface area contributed by atoms with Crippen LogP contribution in [0, 0.1) is 0 Å². The summed E-state index contributed by atoms with van der Waals surface area (Å²) in [5.41, 5.74) is 2.72. The molecule has 0 radical (unpaired) electrons. The molecular weight excluding hydrogens is 566 g/mol. The zero-order valence-electron chi connectivity index (χ0n) is 25.1. The van der Waals surface area contributed by atoms with Gasteiger partial charge in [-0.05, 0) is 66.8 Å². The van der Waals surface area contributed by atoms with Gasteiger partial charge in [0.2, 0.25) is 11.8 Å². The highest BCUT2D eigenvalue weighted by Gasteiger charge is 2.33. The Labute approximate surface area is 255 Å². The van der Waals surface area contributed by atoms with Gasteiger partial charge in [0.1, 0.15) is 18.1 Å². The number of ether oxygens (including phenoxy) is 4. The van der Waals surface area contributed by atoms with E-state index in [2.05, 4.69) is 15.6 Å². The molecule has 12 nitrogen and oxygen atoms in total. The lowest BCUT2D eigenvalue weighted by Crippen LogP contribution is -2.47. The van der Waals surface area contributed by atoms with Gasteiger partial charge in [-0.25, -0.2) is 4.68 Å². The van der Waals surface area contributed by atoms with E-state index in [1.807, 2.05) is 36.4 Å². The van der Waals surface area contributed by atoms with E-state index >= 15 is 0 Å². The van der Waals surface area contributed by atoms with Crippen molar-refractivity contribution in [3.8, 4) is 23.0 Å². The second-order valence-corrected chi connectivity index (χ2v) is 10.5. The van der Waals surface area contributed by atoms with Gasteiger partial charge in [0, 0.05) is 19.7 Å². The molecule has 1 aliphatic rings. The van der Waals surface area contributed by atoms with Crippen molar-refractivity contribution in [2.24, 2.45) is 0 Å². The van der Waals surface area contributed by atoms with E-state index in [0.717, 1.165) is 18.4 Å². The molecule has 1 fully saturated rings. The monoisotopic (exact) mass is 603 g/mol. The Bertz CT molecular complexity index is 1600. The molecule has 2 N–H and O–H groups in total. The number of carbonyl (C=O) groups is 2. The fraction of sp³-hybridized carbons (Fsp3) is 0.375. The summed E-state index contributed by atoms with van der Waals surface area (Å²) >= 11 is 0. The normalized spacial score (nSPS) is 15.1. The molecule has 2 amide bonds. The maximum absolute atomic E-state index is 14.2. The van der Waals surface area contributed by atoms with Crippen LogP contribution in [-0.2, 0) is 27.3 Å². The number of carbonyl (C=O) groups excluding carboxylic acids is 2. The number of benzene rings is 3. The number of para-hydroxylation sites is 1. The quantitative estimate of drug-likeness (QED) is 0.236. The first-order valence-corrected chi connectivity index (χ1v) is 14.5. The maximum Gasteiger partial charge on any atom is 0.247 e. The lowest BCUT2D eigenvalue weighted by molar-refractivity contribution is -0.141. The van der Waals surface area contributed by atoms with Crippen molar-refractivity contribution in [3.05, 3.63) is 71.8 Å². The molecule has 232 valence electrons. The Morgan fingerprint density at radius 3 is 2.59 bits per heavy atom. The summed E-state index contributed by atoms with van der Waals surface area (Å²) in [6.45, 7) is 1.01. The van der Waals surface area contributed by atoms with Crippen molar-refractivity contribution < 1.29 is 33.6 Å². The molecule has 44 heavy (non-hydrogen) atoms. The Balaban J connectivity index is 1.51. The molecule has 3 aromatic carbocycles. The Hall–Kier alpha value is -4.84. The van der Waals surface area contributed by atoms with Gasteiger partial charge in [0.05, 0.1) is 33.0 Å². The van der Waals surface area contributed by atoms with Crippen LogP contribution in [0.2, 0.25) is 0 Å². The predicted octanol–water partition coefficient (Wildman–Crippen LogP) is 3.27. The van der Waals surface area contributed by atoms with Gasteiger partial charge in [-0.3, -0.25) is 9.59 Å². The second-order valence-electron chi connectivity index (χ2n) is 10.5. The minimum Gasteiger partial charge on any atom is -0.504 e. The van der Waals surface area contributed by atoms with E-state index in [9.17, 15) is 14.7 Å². The summed E-state index contributed by atoms with van der Waals surface area (Å²) in [6.07, 6.45) is 2.10. The SMILES string of the molecule is COc1cc([C@@H](C(=O)NC[C@@H]2CCCO2)N(CCc2ccc(OC)c(OC)c2)C(=O)Cn2nnc3ccccc32)ccc1O. The highest BCUT2D eigenvalue weighted by atomic mass is 16.5. The van der Waals surface area contributed by atoms with Gasteiger partial charge in [-0.1, -0.05) is 29.5 Å². The Morgan fingerprint density at radius 2 is 1.84 bits per heavy atom. The maximum atomic E-state index is 14.2. The Kier molecular flexibility index (Phi) is 9.80. The van der Waals surface area contributed by atoms with Crippen LogP contribution < -0.4 is 19.5 Å². The zero-order chi connectivity index (χ0) is 31.1. The molecule has 5 rings (SSSR count). The van der Waals surface area contributed by atoms with Gasteiger partial charge >= 0.3 is 0 Å². The number of fused-ring (bicyclic) bond motifs is 1. The van der Waals surface area contributed by atoms with Crippen LogP contribution in [-0.4, -0.2) is 83.9 Å². The molecule has 2 heterocycles. The summed E-state index contributed by atoms with van der Waals surface area (Å²) in [5, 5.41) is 21.7. The number of phenols is 1. The molecule has 1 aliphatic heterocycles. The topological polar surface area (TPSA) is 137 Å². The minimum absolute atomic E-state index is 0.0768.